The van der Waals surface area contributed by atoms with E-state index in [2.05, 4.69) is 73.0 Å². The van der Waals surface area contributed by atoms with Crippen molar-refractivity contribution >= 4 is 48.5 Å². The van der Waals surface area contributed by atoms with Gasteiger partial charge in [0.15, 0.2) is 5.78 Å². The molecule has 0 bridgehead atoms. The number of benzene rings is 3. The van der Waals surface area contributed by atoms with Crippen molar-refractivity contribution in [1.29, 1.82) is 0 Å². The molecular formula is C23H17Br2NO. The van der Waals surface area contributed by atoms with Crippen LogP contribution in [0, 0.1) is 0 Å². The predicted molar refractivity (Wildman–Crippen MR) is 117 cm³/mol. The normalized spacial score (nSPS) is 12.2. The lowest BCUT2D eigenvalue weighted by molar-refractivity contribution is 0.0970. The number of fused-ring (bicyclic) bond motifs is 1. The molecule has 1 aromatic heterocycles. The highest BCUT2D eigenvalue weighted by atomic mass is 79.9. The van der Waals surface area contributed by atoms with Crippen molar-refractivity contribution < 1.29 is 4.79 Å². The van der Waals surface area contributed by atoms with Crippen molar-refractivity contribution in [3.05, 3.63) is 105 Å². The van der Waals surface area contributed by atoms with Crippen molar-refractivity contribution in [2.75, 3.05) is 0 Å². The molecule has 4 aromatic rings. The van der Waals surface area contributed by atoms with E-state index in [1.165, 1.54) is 0 Å². The molecule has 0 amide bonds. The topological polar surface area (TPSA) is 22.0 Å². The molecule has 0 aliphatic heterocycles. The molecule has 0 fully saturated rings. The molecule has 0 N–H and O–H groups in total. The van der Waals surface area contributed by atoms with Crippen LogP contribution in [0.25, 0.3) is 10.9 Å². The highest BCUT2D eigenvalue weighted by Crippen LogP contribution is 2.31. The molecular weight excluding hydrogens is 466 g/mol. The molecule has 0 aliphatic rings. The lowest BCUT2D eigenvalue weighted by Crippen LogP contribution is -2.15. The summed E-state index contributed by atoms with van der Waals surface area (Å²) in [7, 11) is 0. The molecule has 0 unspecified atom stereocenters. The molecule has 3 aromatic carbocycles. The van der Waals surface area contributed by atoms with Gasteiger partial charge in [0.05, 0.1) is 6.04 Å². The standard InChI is InChI=1S/C23H17Br2NO/c24-19-8-6-16(7-9-19)22(15-23(27)17-4-2-1-3-5-17)26-13-12-18-14-20(25)10-11-21(18)26/h1-14,22H,15H2/t22-/m1/s1. The van der Waals surface area contributed by atoms with Gasteiger partial charge < -0.3 is 4.57 Å². The lowest BCUT2D eigenvalue weighted by Gasteiger charge is -2.21. The second-order valence-corrected chi connectivity index (χ2v) is 8.32. The monoisotopic (exact) mass is 481 g/mol. The SMILES string of the molecule is O=C(C[C@H](c1ccc(Br)cc1)n1ccc2cc(Br)ccc21)c1ccccc1. The molecule has 1 heterocycles. The minimum absolute atomic E-state index is 0.0653. The number of hydrogen-bond donors (Lipinski definition) is 0. The zero-order valence-corrected chi connectivity index (χ0v) is 17.7. The molecule has 0 aliphatic carbocycles. The molecule has 4 heteroatoms. The third-order valence-corrected chi connectivity index (χ3v) is 5.77. The minimum atomic E-state index is -0.0653. The highest BCUT2D eigenvalue weighted by Gasteiger charge is 2.20. The third-order valence-electron chi connectivity index (χ3n) is 4.75. The molecule has 0 radical (unpaired) electrons. The smallest absolute Gasteiger partial charge is 0.165 e. The van der Waals surface area contributed by atoms with E-state index >= 15 is 0 Å². The number of carbonyl (C=O) groups excluding carboxylic acids is 1. The van der Waals surface area contributed by atoms with E-state index in [-0.39, 0.29) is 11.8 Å². The summed E-state index contributed by atoms with van der Waals surface area (Å²) in [5.41, 5.74) is 2.98. The Labute approximate surface area is 175 Å². The molecule has 1 atom stereocenters. The Morgan fingerprint density at radius 2 is 1.56 bits per heavy atom. The summed E-state index contributed by atoms with van der Waals surface area (Å²) in [4.78, 5) is 13.0. The van der Waals surface area contributed by atoms with Crippen LogP contribution in [-0.2, 0) is 0 Å². The van der Waals surface area contributed by atoms with E-state index in [1.807, 2.05) is 48.5 Å². The largest absolute Gasteiger partial charge is 0.340 e. The summed E-state index contributed by atoms with van der Waals surface area (Å²) in [5, 5.41) is 1.15. The van der Waals surface area contributed by atoms with Crippen LogP contribution in [0.15, 0.2) is 94.0 Å². The van der Waals surface area contributed by atoms with Crippen molar-refractivity contribution in [3.8, 4) is 0 Å². The number of ketones is 1. The van der Waals surface area contributed by atoms with Gasteiger partial charge in [0, 0.05) is 38.0 Å². The van der Waals surface area contributed by atoms with Crippen LogP contribution >= 0.6 is 31.9 Å². The first-order chi connectivity index (χ1) is 13.1. The number of nitrogens with zero attached hydrogens (tertiary/aromatic N) is 1. The zero-order valence-electron chi connectivity index (χ0n) is 14.5. The Balaban J connectivity index is 1.78. The number of carbonyl (C=O) groups is 1. The molecule has 0 spiro atoms. The van der Waals surface area contributed by atoms with Crippen molar-refractivity contribution in [2.45, 2.75) is 12.5 Å². The van der Waals surface area contributed by atoms with Crippen LogP contribution < -0.4 is 0 Å². The first-order valence-electron chi connectivity index (χ1n) is 8.71. The second-order valence-electron chi connectivity index (χ2n) is 6.49. The summed E-state index contributed by atoms with van der Waals surface area (Å²) >= 11 is 7.03. The summed E-state index contributed by atoms with van der Waals surface area (Å²) in [5.74, 6) is 0.141. The van der Waals surface area contributed by atoms with Gasteiger partial charge in [0.1, 0.15) is 0 Å². The maximum atomic E-state index is 13.0. The average Bonchev–Trinajstić information content (AvgIpc) is 3.10. The predicted octanol–water partition coefficient (Wildman–Crippen LogP) is 7.03. The van der Waals surface area contributed by atoms with Gasteiger partial charge in [-0.3, -0.25) is 4.79 Å². The van der Waals surface area contributed by atoms with Crippen LogP contribution in [0.1, 0.15) is 28.4 Å². The van der Waals surface area contributed by atoms with Crippen molar-refractivity contribution in [2.24, 2.45) is 0 Å². The fourth-order valence-electron chi connectivity index (χ4n) is 3.39. The summed E-state index contributed by atoms with van der Waals surface area (Å²) < 4.78 is 4.28. The van der Waals surface area contributed by atoms with Crippen molar-refractivity contribution in [3.63, 3.8) is 0 Å². The molecule has 134 valence electrons. The van der Waals surface area contributed by atoms with Crippen LogP contribution in [0.5, 0.6) is 0 Å². The maximum Gasteiger partial charge on any atom is 0.165 e. The summed E-state index contributed by atoms with van der Waals surface area (Å²) in [6.07, 6.45) is 2.48. The van der Waals surface area contributed by atoms with Crippen molar-refractivity contribution in [1.82, 2.24) is 4.57 Å². The van der Waals surface area contributed by atoms with Gasteiger partial charge in [0.2, 0.25) is 0 Å². The van der Waals surface area contributed by atoms with E-state index < -0.39 is 0 Å². The first kappa shape index (κ1) is 18.2. The summed E-state index contributed by atoms with van der Waals surface area (Å²) in [6.45, 7) is 0. The second kappa shape index (κ2) is 7.83. The van der Waals surface area contributed by atoms with E-state index in [4.69, 9.17) is 0 Å². The van der Waals surface area contributed by atoms with Gasteiger partial charge in [-0.15, -0.1) is 0 Å². The van der Waals surface area contributed by atoms with Gasteiger partial charge in [-0.05, 0) is 42.0 Å². The number of Topliss-reactive ketones (excluding diaryl/α,β-unsaturated/α-hetero) is 1. The number of hydrogen-bond acceptors (Lipinski definition) is 1. The van der Waals surface area contributed by atoms with Crippen LogP contribution in [0.4, 0.5) is 0 Å². The van der Waals surface area contributed by atoms with Gasteiger partial charge >= 0.3 is 0 Å². The fraction of sp³-hybridized carbons (Fsp3) is 0.0870. The van der Waals surface area contributed by atoms with E-state index in [9.17, 15) is 4.79 Å². The number of rotatable bonds is 5. The van der Waals surface area contributed by atoms with E-state index in [0.29, 0.717) is 6.42 Å². The average molecular weight is 483 g/mol. The Kier molecular flexibility index (Phi) is 5.28. The van der Waals surface area contributed by atoms with Gasteiger partial charge in [-0.25, -0.2) is 0 Å². The van der Waals surface area contributed by atoms with Gasteiger partial charge in [-0.1, -0.05) is 74.3 Å². The zero-order chi connectivity index (χ0) is 18.8. The quantitative estimate of drug-likeness (QED) is 0.280. The van der Waals surface area contributed by atoms with E-state index in [0.717, 1.165) is 31.0 Å². The van der Waals surface area contributed by atoms with Crippen LogP contribution in [0.2, 0.25) is 0 Å². The molecule has 4 rings (SSSR count). The molecule has 0 saturated heterocycles. The Morgan fingerprint density at radius 3 is 2.30 bits per heavy atom. The van der Waals surface area contributed by atoms with Gasteiger partial charge in [0.25, 0.3) is 0 Å². The maximum absolute atomic E-state index is 13.0. The third kappa shape index (κ3) is 3.92. The first-order valence-corrected chi connectivity index (χ1v) is 10.3. The van der Waals surface area contributed by atoms with Gasteiger partial charge in [-0.2, -0.15) is 0 Å². The fourth-order valence-corrected chi connectivity index (χ4v) is 4.03. The Hall–Kier alpha value is -2.17. The molecule has 27 heavy (non-hydrogen) atoms. The molecule has 2 nitrogen and oxygen atoms in total. The van der Waals surface area contributed by atoms with Crippen LogP contribution in [-0.4, -0.2) is 10.4 Å². The minimum Gasteiger partial charge on any atom is -0.340 e. The number of halogens is 2. The Morgan fingerprint density at radius 1 is 0.852 bits per heavy atom. The molecule has 0 saturated carbocycles. The highest BCUT2D eigenvalue weighted by molar-refractivity contribution is 9.10. The van der Waals surface area contributed by atoms with Crippen LogP contribution in [0.3, 0.4) is 0 Å². The summed E-state index contributed by atoms with van der Waals surface area (Å²) in [6, 6.07) is 26.0. The Bertz CT molecular complexity index is 1080. The lowest BCUT2D eigenvalue weighted by atomic mass is 9.97. The van der Waals surface area contributed by atoms with E-state index in [1.54, 1.807) is 0 Å². The number of aromatic nitrogens is 1.